The highest BCUT2D eigenvalue weighted by Crippen LogP contribution is 2.39. The molecule has 164 valence electrons. The van der Waals surface area contributed by atoms with Crippen LogP contribution in [0.15, 0.2) is 42.7 Å². The number of urea groups is 1. The highest BCUT2D eigenvalue weighted by atomic mass is 35.5. The van der Waals surface area contributed by atoms with Gasteiger partial charge in [-0.2, -0.15) is 0 Å². The topological polar surface area (TPSA) is 111 Å². The fourth-order valence-corrected chi connectivity index (χ4v) is 4.12. The number of amides is 3. The molecule has 0 aliphatic carbocycles. The second-order valence-corrected chi connectivity index (χ2v) is 8.11. The van der Waals surface area contributed by atoms with Gasteiger partial charge in [0.15, 0.2) is 11.5 Å². The molecule has 1 atom stereocenters. The first-order valence-electron chi connectivity index (χ1n) is 10.0. The molecule has 32 heavy (non-hydrogen) atoms. The standard InChI is InChI=1S/C21H19ClN6O4/c1-21(14-4-2-5-15(10-14)28-12-23-25-26-28)19(29)27(20(30)24-21)11-13-8-16(22)18-17(9-13)31-6-3-7-32-18/h2,4-5,8-10,12H,3,6-7,11H2,1H3,(H,24,30)/t21-/m0/s1. The van der Waals surface area contributed by atoms with Crippen molar-refractivity contribution in [2.24, 2.45) is 0 Å². The third-order valence-corrected chi connectivity index (χ3v) is 5.80. The van der Waals surface area contributed by atoms with Crippen LogP contribution in [0.3, 0.4) is 0 Å². The first-order valence-corrected chi connectivity index (χ1v) is 10.4. The Labute approximate surface area is 188 Å². The van der Waals surface area contributed by atoms with Crippen LogP contribution in [0.4, 0.5) is 4.79 Å². The highest BCUT2D eigenvalue weighted by molar-refractivity contribution is 6.32. The van der Waals surface area contributed by atoms with Gasteiger partial charge in [-0.15, -0.1) is 5.10 Å². The van der Waals surface area contributed by atoms with Crippen LogP contribution in [0.1, 0.15) is 24.5 Å². The molecule has 1 saturated heterocycles. The van der Waals surface area contributed by atoms with Gasteiger partial charge in [0, 0.05) is 6.42 Å². The molecular formula is C21H19ClN6O4. The third-order valence-electron chi connectivity index (χ3n) is 5.51. The molecule has 0 bridgehead atoms. The van der Waals surface area contributed by atoms with E-state index >= 15 is 0 Å². The van der Waals surface area contributed by atoms with Crippen molar-refractivity contribution in [1.29, 1.82) is 0 Å². The van der Waals surface area contributed by atoms with E-state index in [4.69, 9.17) is 21.1 Å². The van der Waals surface area contributed by atoms with Crippen LogP contribution in [0.2, 0.25) is 5.02 Å². The molecule has 0 radical (unpaired) electrons. The van der Waals surface area contributed by atoms with Crippen molar-refractivity contribution in [3.05, 3.63) is 58.9 Å². The van der Waals surface area contributed by atoms with E-state index in [0.717, 1.165) is 6.42 Å². The quantitative estimate of drug-likeness (QED) is 0.602. The predicted octanol–water partition coefficient (Wildman–Crippen LogP) is 2.44. The van der Waals surface area contributed by atoms with Crippen LogP contribution in [0, 0.1) is 0 Å². The van der Waals surface area contributed by atoms with Crippen LogP contribution in [-0.4, -0.2) is 50.3 Å². The minimum absolute atomic E-state index is 0.0449. The molecule has 1 fully saturated rings. The fraction of sp³-hybridized carbons (Fsp3) is 0.286. The molecule has 2 aliphatic heterocycles. The molecule has 3 heterocycles. The van der Waals surface area contributed by atoms with E-state index in [2.05, 4.69) is 20.8 Å². The maximum Gasteiger partial charge on any atom is 0.325 e. The smallest absolute Gasteiger partial charge is 0.325 e. The lowest BCUT2D eigenvalue weighted by molar-refractivity contribution is -0.131. The molecule has 5 rings (SSSR count). The number of carbonyl (C=O) groups is 2. The summed E-state index contributed by atoms with van der Waals surface area (Å²) in [4.78, 5) is 27.3. The second-order valence-electron chi connectivity index (χ2n) is 7.71. The fourth-order valence-electron chi connectivity index (χ4n) is 3.83. The molecule has 0 saturated carbocycles. The lowest BCUT2D eigenvalue weighted by atomic mass is 9.91. The zero-order chi connectivity index (χ0) is 22.3. The number of rotatable bonds is 4. The Bertz CT molecular complexity index is 1200. The molecule has 2 aliphatic rings. The summed E-state index contributed by atoms with van der Waals surface area (Å²) in [6.45, 7) is 2.74. The number of aromatic nitrogens is 4. The van der Waals surface area contributed by atoms with E-state index in [-0.39, 0.29) is 12.5 Å². The molecule has 0 unspecified atom stereocenters. The molecule has 1 N–H and O–H groups in total. The summed E-state index contributed by atoms with van der Waals surface area (Å²) in [6, 6.07) is 10.1. The molecule has 3 aromatic rings. The van der Waals surface area contributed by atoms with Crippen molar-refractivity contribution >= 4 is 23.5 Å². The van der Waals surface area contributed by atoms with E-state index in [1.165, 1.54) is 15.9 Å². The van der Waals surface area contributed by atoms with E-state index in [1.807, 2.05) is 6.07 Å². The van der Waals surface area contributed by atoms with Gasteiger partial charge in [0.1, 0.15) is 11.9 Å². The Morgan fingerprint density at radius 2 is 2.03 bits per heavy atom. The first kappa shape index (κ1) is 20.3. The number of nitrogens with zero attached hydrogens (tertiary/aromatic N) is 5. The summed E-state index contributed by atoms with van der Waals surface area (Å²) in [5.74, 6) is 0.614. The number of halogens is 1. The Morgan fingerprint density at radius 1 is 1.19 bits per heavy atom. The molecular weight excluding hydrogens is 436 g/mol. The lowest BCUT2D eigenvalue weighted by Crippen LogP contribution is -2.40. The van der Waals surface area contributed by atoms with Gasteiger partial charge in [-0.05, 0) is 52.7 Å². The van der Waals surface area contributed by atoms with Gasteiger partial charge in [-0.25, -0.2) is 9.48 Å². The van der Waals surface area contributed by atoms with Gasteiger partial charge in [0.05, 0.1) is 30.5 Å². The van der Waals surface area contributed by atoms with Gasteiger partial charge in [0.2, 0.25) is 0 Å². The number of carbonyl (C=O) groups excluding carboxylic acids is 2. The number of ether oxygens (including phenoxy) is 2. The van der Waals surface area contributed by atoms with Gasteiger partial charge >= 0.3 is 6.03 Å². The second kappa shape index (κ2) is 7.79. The van der Waals surface area contributed by atoms with E-state index in [0.29, 0.717) is 46.5 Å². The van der Waals surface area contributed by atoms with Crippen molar-refractivity contribution in [3.63, 3.8) is 0 Å². The number of benzene rings is 2. The summed E-state index contributed by atoms with van der Waals surface area (Å²) in [5.41, 5.74) is 0.706. The maximum absolute atomic E-state index is 13.4. The number of imide groups is 1. The van der Waals surface area contributed by atoms with Crippen LogP contribution >= 0.6 is 11.6 Å². The Kier molecular flexibility index (Phi) is 4.93. The van der Waals surface area contributed by atoms with Crippen LogP contribution in [0.25, 0.3) is 5.69 Å². The lowest BCUT2D eigenvalue weighted by Gasteiger charge is -2.23. The molecule has 0 spiro atoms. The molecule has 2 aromatic carbocycles. The SMILES string of the molecule is C[C@@]1(c2cccc(-n3cnnn3)c2)NC(=O)N(Cc2cc(Cl)c3c(c2)OCCCO3)C1=O. The summed E-state index contributed by atoms with van der Waals surface area (Å²) in [5, 5.41) is 14.3. The van der Waals surface area contributed by atoms with Crippen LogP contribution in [0.5, 0.6) is 11.5 Å². The number of hydrogen-bond acceptors (Lipinski definition) is 7. The maximum atomic E-state index is 13.4. The molecule has 1 aromatic heterocycles. The zero-order valence-electron chi connectivity index (χ0n) is 17.1. The van der Waals surface area contributed by atoms with Crippen LogP contribution in [-0.2, 0) is 16.9 Å². The van der Waals surface area contributed by atoms with E-state index in [9.17, 15) is 9.59 Å². The predicted molar refractivity (Wildman–Crippen MR) is 113 cm³/mol. The van der Waals surface area contributed by atoms with Crippen molar-refractivity contribution in [2.75, 3.05) is 13.2 Å². The number of tetrazole rings is 1. The van der Waals surface area contributed by atoms with Crippen molar-refractivity contribution in [1.82, 2.24) is 30.4 Å². The molecule has 11 heteroatoms. The summed E-state index contributed by atoms with van der Waals surface area (Å²) in [6.07, 6.45) is 2.20. The average Bonchev–Trinajstić information content (AvgIpc) is 3.31. The minimum atomic E-state index is -1.24. The first-order chi connectivity index (χ1) is 15.5. The Hall–Kier alpha value is -3.66. The van der Waals surface area contributed by atoms with Crippen molar-refractivity contribution in [3.8, 4) is 17.2 Å². The van der Waals surface area contributed by atoms with E-state index < -0.39 is 11.6 Å². The monoisotopic (exact) mass is 454 g/mol. The molecule has 10 nitrogen and oxygen atoms in total. The summed E-state index contributed by atoms with van der Waals surface area (Å²) < 4.78 is 12.8. The van der Waals surface area contributed by atoms with Gasteiger partial charge < -0.3 is 14.8 Å². The number of fused-ring (bicyclic) bond motifs is 1. The summed E-state index contributed by atoms with van der Waals surface area (Å²) in [7, 11) is 0. The van der Waals surface area contributed by atoms with Gasteiger partial charge in [0.25, 0.3) is 5.91 Å². The average molecular weight is 455 g/mol. The minimum Gasteiger partial charge on any atom is -0.489 e. The van der Waals surface area contributed by atoms with Gasteiger partial charge in [-0.1, -0.05) is 23.7 Å². The zero-order valence-corrected chi connectivity index (χ0v) is 17.9. The number of hydrogen-bond donors (Lipinski definition) is 1. The Balaban J connectivity index is 1.43. The highest BCUT2D eigenvalue weighted by Gasteiger charge is 2.49. The van der Waals surface area contributed by atoms with Crippen molar-refractivity contribution in [2.45, 2.75) is 25.4 Å². The van der Waals surface area contributed by atoms with Crippen LogP contribution < -0.4 is 14.8 Å². The largest absolute Gasteiger partial charge is 0.489 e. The third kappa shape index (κ3) is 3.42. The number of nitrogens with one attached hydrogen (secondary N) is 1. The Morgan fingerprint density at radius 3 is 2.84 bits per heavy atom. The summed E-state index contributed by atoms with van der Waals surface area (Å²) >= 11 is 6.37. The normalized spacial score (nSPS) is 20.2. The van der Waals surface area contributed by atoms with Crippen molar-refractivity contribution < 1.29 is 19.1 Å². The van der Waals surface area contributed by atoms with Gasteiger partial charge in [-0.3, -0.25) is 9.69 Å². The molecule has 3 amide bonds. The van der Waals surface area contributed by atoms with E-state index in [1.54, 1.807) is 37.3 Å².